The molecule has 0 spiro atoms. The van der Waals surface area contributed by atoms with Gasteiger partial charge in [0.05, 0.1) is 20.6 Å². The number of carbonyl (C=O) groups excluding carboxylic acids is 1. The number of thiazole rings is 1. The van der Waals surface area contributed by atoms with Crippen LogP contribution in [0.1, 0.15) is 44.5 Å². The first-order chi connectivity index (χ1) is 11.6. The van der Waals surface area contributed by atoms with E-state index in [4.69, 9.17) is 10.7 Å². The Labute approximate surface area is 147 Å². The standard InChI is InChI=1S/C19H27N3OS/c1-3-19(4-2,18(23)22-15(12-20)13-9-10-13)11-17-21-14-7-5-6-8-16(14)24-17/h5-8,13,15H,3-4,9-12,20H2,1-2H3,(H,22,23). The molecule has 2 aromatic rings. The lowest BCUT2D eigenvalue weighted by atomic mass is 9.78. The summed E-state index contributed by atoms with van der Waals surface area (Å²) >= 11 is 1.70. The van der Waals surface area contributed by atoms with Crippen LogP contribution in [0.3, 0.4) is 0 Å². The zero-order valence-electron chi connectivity index (χ0n) is 14.5. The van der Waals surface area contributed by atoms with Crippen LogP contribution in [0, 0.1) is 11.3 Å². The van der Waals surface area contributed by atoms with Gasteiger partial charge in [0, 0.05) is 19.0 Å². The van der Waals surface area contributed by atoms with Crippen molar-refractivity contribution in [1.82, 2.24) is 10.3 Å². The van der Waals surface area contributed by atoms with Crippen molar-refractivity contribution in [2.45, 2.75) is 52.0 Å². The summed E-state index contributed by atoms with van der Waals surface area (Å²) in [4.78, 5) is 17.8. The number of nitrogens with two attached hydrogens (primary N) is 1. The largest absolute Gasteiger partial charge is 0.351 e. The van der Waals surface area contributed by atoms with Crippen molar-refractivity contribution < 1.29 is 4.79 Å². The van der Waals surface area contributed by atoms with Crippen molar-refractivity contribution in [3.63, 3.8) is 0 Å². The average Bonchev–Trinajstić information content (AvgIpc) is 3.36. The molecule has 24 heavy (non-hydrogen) atoms. The third-order valence-corrected chi connectivity index (χ3v) is 6.46. The Balaban J connectivity index is 1.79. The summed E-state index contributed by atoms with van der Waals surface area (Å²) in [5.41, 5.74) is 6.50. The molecule has 1 fully saturated rings. The summed E-state index contributed by atoms with van der Waals surface area (Å²) < 4.78 is 1.19. The Morgan fingerprint density at radius 2 is 2.08 bits per heavy atom. The van der Waals surface area contributed by atoms with Crippen LogP contribution in [0.25, 0.3) is 10.2 Å². The summed E-state index contributed by atoms with van der Waals surface area (Å²) in [7, 11) is 0. The summed E-state index contributed by atoms with van der Waals surface area (Å²) in [5, 5.41) is 4.29. The molecule has 1 atom stereocenters. The number of fused-ring (bicyclic) bond motifs is 1. The van der Waals surface area contributed by atoms with E-state index in [1.54, 1.807) is 11.3 Å². The summed E-state index contributed by atoms with van der Waals surface area (Å²) in [5.74, 6) is 0.724. The predicted octanol–water partition coefficient (Wildman–Crippen LogP) is 3.50. The Kier molecular flexibility index (Phi) is 5.21. The van der Waals surface area contributed by atoms with Crippen LogP contribution in [-0.2, 0) is 11.2 Å². The quantitative estimate of drug-likeness (QED) is 0.769. The lowest BCUT2D eigenvalue weighted by molar-refractivity contribution is -0.132. The Bertz CT molecular complexity index is 670. The maximum absolute atomic E-state index is 13.1. The number of aromatic nitrogens is 1. The normalized spacial score (nSPS) is 16.3. The number of nitrogens with zero attached hydrogens (tertiary/aromatic N) is 1. The number of rotatable bonds is 8. The third kappa shape index (κ3) is 3.47. The first-order valence-corrected chi connectivity index (χ1v) is 9.79. The van der Waals surface area contributed by atoms with Crippen molar-refractivity contribution >= 4 is 27.5 Å². The lowest BCUT2D eigenvalue weighted by Gasteiger charge is -2.31. The molecule has 1 aromatic carbocycles. The number of nitrogens with one attached hydrogen (secondary N) is 1. The molecule has 130 valence electrons. The highest BCUT2D eigenvalue weighted by Gasteiger charge is 2.39. The summed E-state index contributed by atoms with van der Waals surface area (Å²) in [6.45, 7) is 4.73. The van der Waals surface area contributed by atoms with E-state index in [-0.39, 0.29) is 11.9 Å². The molecule has 3 N–H and O–H groups in total. The molecule has 1 heterocycles. The van der Waals surface area contributed by atoms with Crippen molar-refractivity contribution in [1.29, 1.82) is 0 Å². The molecular weight excluding hydrogens is 318 g/mol. The van der Waals surface area contributed by atoms with Gasteiger partial charge in [-0.05, 0) is 43.7 Å². The summed E-state index contributed by atoms with van der Waals surface area (Å²) in [6, 6.07) is 8.30. The maximum Gasteiger partial charge on any atom is 0.226 e. The minimum atomic E-state index is -0.393. The van der Waals surface area contributed by atoms with E-state index in [0.717, 1.165) is 23.4 Å². The molecule has 0 radical (unpaired) electrons. The fourth-order valence-corrected chi connectivity index (χ4v) is 4.49. The van der Waals surface area contributed by atoms with Gasteiger partial charge < -0.3 is 11.1 Å². The Hall–Kier alpha value is -1.46. The van der Waals surface area contributed by atoms with Crippen molar-refractivity contribution in [2.75, 3.05) is 6.54 Å². The number of hydrogen-bond donors (Lipinski definition) is 2. The lowest BCUT2D eigenvalue weighted by Crippen LogP contribution is -2.49. The zero-order chi connectivity index (χ0) is 17.2. The average molecular weight is 346 g/mol. The Morgan fingerprint density at radius 1 is 1.38 bits per heavy atom. The number of amides is 1. The van der Waals surface area contributed by atoms with Gasteiger partial charge in [-0.25, -0.2) is 4.98 Å². The van der Waals surface area contributed by atoms with Crippen molar-refractivity contribution in [3.05, 3.63) is 29.3 Å². The third-order valence-electron chi connectivity index (χ3n) is 5.42. The van der Waals surface area contributed by atoms with Crippen LogP contribution in [0.4, 0.5) is 0 Å². The van der Waals surface area contributed by atoms with Crippen LogP contribution in [0.5, 0.6) is 0 Å². The van der Waals surface area contributed by atoms with Gasteiger partial charge in [-0.3, -0.25) is 4.79 Å². The fraction of sp³-hybridized carbons (Fsp3) is 0.579. The van der Waals surface area contributed by atoms with E-state index in [1.807, 2.05) is 18.2 Å². The molecule has 0 saturated heterocycles. The molecule has 1 saturated carbocycles. The zero-order valence-corrected chi connectivity index (χ0v) is 15.4. The fourth-order valence-electron chi connectivity index (χ4n) is 3.38. The van der Waals surface area contributed by atoms with Gasteiger partial charge >= 0.3 is 0 Å². The van der Waals surface area contributed by atoms with Gasteiger partial charge in [-0.2, -0.15) is 0 Å². The van der Waals surface area contributed by atoms with Crippen molar-refractivity contribution in [2.24, 2.45) is 17.1 Å². The second-order valence-corrected chi connectivity index (χ2v) is 8.01. The van der Waals surface area contributed by atoms with Gasteiger partial charge in [0.15, 0.2) is 0 Å². The Morgan fingerprint density at radius 3 is 2.67 bits per heavy atom. The second kappa shape index (κ2) is 7.19. The van der Waals surface area contributed by atoms with E-state index in [1.165, 1.54) is 17.5 Å². The predicted molar refractivity (Wildman–Crippen MR) is 100 cm³/mol. The van der Waals surface area contributed by atoms with Crippen LogP contribution < -0.4 is 11.1 Å². The van der Waals surface area contributed by atoms with Crippen LogP contribution in [0.15, 0.2) is 24.3 Å². The first kappa shape index (κ1) is 17.4. The molecule has 5 heteroatoms. The first-order valence-electron chi connectivity index (χ1n) is 8.97. The minimum Gasteiger partial charge on any atom is -0.351 e. The summed E-state index contributed by atoms with van der Waals surface area (Å²) in [6.07, 6.45) is 4.70. The van der Waals surface area contributed by atoms with Gasteiger partial charge in [0.1, 0.15) is 0 Å². The molecule has 1 aromatic heterocycles. The van der Waals surface area contributed by atoms with Gasteiger partial charge in [-0.15, -0.1) is 11.3 Å². The number of para-hydroxylation sites is 1. The van der Waals surface area contributed by atoms with E-state index in [2.05, 4.69) is 25.2 Å². The topological polar surface area (TPSA) is 68.0 Å². The van der Waals surface area contributed by atoms with E-state index in [9.17, 15) is 4.79 Å². The van der Waals surface area contributed by atoms with Gasteiger partial charge in [0.25, 0.3) is 0 Å². The molecule has 1 unspecified atom stereocenters. The van der Waals surface area contributed by atoms with Gasteiger partial charge in [-0.1, -0.05) is 26.0 Å². The van der Waals surface area contributed by atoms with Crippen LogP contribution in [-0.4, -0.2) is 23.5 Å². The smallest absolute Gasteiger partial charge is 0.226 e. The van der Waals surface area contributed by atoms with Crippen LogP contribution in [0.2, 0.25) is 0 Å². The molecular formula is C19H27N3OS. The highest BCUT2D eigenvalue weighted by Crippen LogP contribution is 2.36. The van der Waals surface area contributed by atoms with E-state index in [0.29, 0.717) is 18.9 Å². The molecule has 0 bridgehead atoms. The highest BCUT2D eigenvalue weighted by atomic mass is 32.1. The second-order valence-electron chi connectivity index (χ2n) is 6.89. The SMILES string of the molecule is CCC(CC)(Cc1nc2ccccc2s1)C(=O)NC(CN)C1CC1. The van der Waals surface area contributed by atoms with Gasteiger partial charge in [0.2, 0.25) is 5.91 Å². The van der Waals surface area contributed by atoms with E-state index < -0.39 is 5.41 Å². The maximum atomic E-state index is 13.1. The highest BCUT2D eigenvalue weighted by molar-refractivity contribution is 7.18. The van der Waals surface area contributed by atoms with E-state index >= 15 is 0 Å². The molecule has 3 rings (SSSR count). The molecule has 1 aliphatic carbocycles. The van der Waals surface area contributed by atoms with Crippen LogP contribution >= 0.6 is 11.3 Å². The number of benzene rings is 1. The molecule has 0 aliphatic heterocycles. The monoisotopic (exact) mass is 345 g/mol. The molecule has 4 nitrogen and oxygen atoms in total. The number of hydrogen-bond acceptors (Lipinski definition) is 4. The molecule has 1 amide bonds. The minimum absolute atomic E-state index is 0.130. The van der Waals surface area contributed by atoms with Crippen molar-refractivity contribution in [3.8, 4) is 0 Å². The molecule has 1 aliphatic rings. The number of carbonyl (C=O) groups is 1.